The lowest BCUT2D eigenvalue weighted by atomic mass is 10.1. The van der Waals surface area contributed by atoms with Crippen molar-refractivity contribution in [3.05, 3.63) is 94.0 Å². The van der Waals surface area contributed by atoms with E-state index in [1.165, 1.54) is 18.2 Å². The van der Waals surface area contributed by atoms with Gasteiger partial charge in [-0.3, -0.25) is 9.69 Å². The van der Waals surface area contributed by atoms with E-state index in [2.05, 4.69) is 15.2 Å². The van der Waals surface area contributed by atoms with Crippen LogP contribution in [-0.4, -0.2) is 58.7 Å². The lowest BCUT2D eigenvalue weighted by Crippen LogP contribution is -2.49. The second-order valence-electron chi connectivity index (χ2n) is 8.61. The van der Waals surface area contributed by atoms with Crippen molar-refractivity contribution < 1.29 is 22.9 Å². The number of carbonyl (C=O) groups excluding carboxylic acids is 1. The maximum atomic E-state index is 14.1. The van der Waals surface area contributed by atoms with Gasteiger partial charge in [-0.2, -0.15) is 0 Å². The molecule has 1 aromatic heterocycles. The highest BCUT2D eigenvalue weighted by Gasteiger charge is 2.26. The van der Waals surface area contributed by atoms with Crippen molar-refractivity contribution in [1.29, 1.82) is 0 Å². The van der Waals surface area contributed by atoms with E-state index in [-0.39, 0.29) is 18.1 Å². The fourth-order valence-electron chi connectivity index (χ4n) is 4.25. The molecule has 0 spiro atoms. The van der Waals surface area contributed by atoms with E-state index in [0.29, 0.717) is 54.3 Å². The summed E-state index contributed by atoms with van der Waals surface area (Å²) >= 11 is 6.04. The van der Waals surface area contributed by atoms with Crippen LogP contribution in [0.3, 0.4) is 0 Å². The first kappa shape index (κ1) is 24.3. The van der Waals surface area contributed by atoms with Gasteiger partial charge in [0, 0.05) is 48.9 Å². The number of nitrogens with zero attached hydrogens (tertiary/aromatic N) is 4. The van der Waals surface area contributed by atoms with Crippen LogP contribution in [0.25, 0.3) is 11.0 Å². The van der Waals surface area contributed by atoms with Crippen LogP contribution in [0.4, 0.5) is 8.78 Å². The first-order chi connectivity index (χ1) is 17.5. The molecule has 5 rings (SSSR count). The SMILES string of the molecule is O=C(c1ccc2nonc2c1)N1CCN(C[C@H](OCc2c(F)cccc2F)c2ccc(Cl)cc2)CC1. The van der Waals surface area contributed by atoms with Gasteiger partial charge in [-0.15, -0.1) is 0 Å². The number of piperazine rings is 1. The van der Waals surface area contributed by atoms with Crippen LogP contribution >= 0.6 is 11.6 Å². The molecule has 36 heavy (non-hydrogen) atoms. The monoisotopic (exact) mass is 512 g/mol. The molecule has 1 saturated heterocycles. The van der Waals surface area contributed by atoms with Crippen molar-refractivity contribution in [3.8, 4) is 0 Å². The van der Waals surface area contributed by atoms with Crippen molar-refractivity contribution in [2.75, 3.05) is 32.7 Å². The number of hydrogen-bond acceptors (Lipinski definition) is 6. The standard InChI is InChI=1S/C26H23ClF2N4O3/c27-19-7-4-17(5-8-19)25(35-16-20-21(28)2-1-3-22(20)29)15-32-10-12-33(13-11-32)26(34)18-6-9-23-24(14-18)31-36-30-23/h1-9,14,25H,10-13,15-16H2/t25-/m0/s1. The van der Waals surface area contributed by atoms with E-state index in [9.17, 15) is 13.6 Å². The van der Waals surface area contributed by atoms with E-state index in [1.807, 2.05) is 12.1 Å². The Balaban J connectivity index is 1.24. The number of aromatic nitrogens is 2. The molecule has 4 aromatic rings. The number of amides is 1. The minimum Gasteiger partial charge on any atom is -0.367 e. The molecule has 10 heteroatoms. The zero-order valence-corrected chi connectivity index (χ0v) is 20.0. The number of hydrogen-bond donors (Lipinski definition) is 0. The molecule has 0 unspecified atom stereocenters. The highest BCUT2D eigenvalue weighted by molar-refractivity contribution is 6.30. The van der Waals surface area contributed by atoms with Gasteiger partial charge in [0.1, 0.15) is 22.7 Å². The molecule has 1 amide bonds. The van der Waals surface area contributed by atoms with Gasteiger partial charge in [0.2, 0.25) is 0 Å². The van der Waals surface area contributed by atoms with Crippen LogP contribution in [0.1, 0.15) is 27.6 Å². The van der Waals surface area contributed by atoms with Gasteiger partial charge in [0.15, 0.2) is 0 Å². The van der Waals surface area contributed by atoms with Crippen LogP contribution in [0, 0.1) is 11.6 Å². The molecule has 3 aromatic carbocycles. The predicted molar refractivity (Wildman–Crippen MR) is 129 cm³/mol. The zero-order valence-electron chi connectivity index (χ0n) is 19.2. The van der Waals surface area contributed by atoms with Crippen LogP contribution in [0.5, 0.6) is 0 Å². The van der Waals surface area contributed by atoms with Crippen molar-refractivity contribution >= 4 is 28.5 Å². The average molecular weight is 513 g/mol. The highest BCUT2D eigenvalue weighted by Crippen LogP contribution is 2.25. The molecule has 0 bridgehead atoms. The molecule has 1 atom stereocenters. The largest absolute Gasteiger partial charge is 0.367 e. The average Bonchev–Trinajstić information content (AvgIpc) is 3.36. The van der Waals surface area contributed by atoms with Gasteiger partial charge in [-0.25, -0.2) is 13.4 Å². The first-order valence-corrected chi connectivity index (χ1v) is 11.9. The maximum absolute atomic E-state index is 14.1. The van der Waals surface area contributed by atoms with Gasteiger partial charge in [0.25, 0.3) is 5.91 Å². The van der Waals surface area contributed by atoms with E-state index in [1.54, 1.807) is 35.2 Å². The molecular weight excluding hydrogens is 490 g/mol. The van der Waals surface area contributed by atoms with Crippen molar-refractivity contribution in [3.63, 3.8) is 0 Å². The van der Waals surface area contributed by atoms with Gasteiger partial charge in [-0.1, -0.05) is 29.8 Å². The summed E-state index contributed by atoms with van der Waals surface area (Å²) in [4.78, 5) is 17.0. The quantitative estimate of drug-likeness (QED) is 0.352. The van der Waals surface area contributed by atoms with E-state index in [4.69, 9.17) is 21.0 Å². The number of ether oxygens (including phenoxy) is 1. The lowest BCUT2D eigenvalue weighted by molar-refractivity contribution is 0.00145. The fraction of sp³-hybridized carbons (Fsp3) is 0.269. The third-order valence-corrected chi connectivity index (χ3v) is 6.57. The van der Waals surface area contributed by atoms with E-state index < -0.39 is 17.7 Å². The van der Waals surface area contributed by atoms with E-state index >= 15 is 0 Å². The summed E-state index contributed by atoms with van der Waals surface area (Å²) in [5, 5.41) is 8.15. The number of carbonyl (C=O) groups is 1. The molecule has 1 aliphatic rings. The van der Waals surface area contributed by atoms with Crippen LogP contribution in [-0.2, 0) is 11.3 Å². The summed E-state index contributed by atoms with van der Waals surface area (Å²) in [5.41, 5.74) is 2.41. The molecule has 0 N–H and O–H groups in total. The predicted octanol–water partition coefficient (Wildman–Crippen LogP) is 4.87. The number of rotatable bonds is 7. The smallest absolute Gasteiger partial charge is 0.254 e. The third kappa shape index (κ3) is 5.38. The Hall–Kier alpha value is -3.40. The lowest BCUT2D eigenvalue weighted by Gasteiger charge is -2.36. The summed E-state index contributed by atoms with van der Waals surface area (Å²) in [6, 6.07) is 16.1. The minimum atomic E-state index is -0.642. The van der Waals surface area contributed by atoms with Crippen LogP contribution in [0.2, 0.25) is 5.02 Å². The Kier molecular flexibility index (Phi) is 7.22. The fourth-order valence-corrected chi connectivity index (χ4v) is 4.38. The summed E-state index contributed by atoms with van der Waals surface area (Å²) in [6.45, 7) is 2.61. The molecule has 1 fully saturated rings. The van der Waals surface area contributed by atoms with Crippen molar-refractivity contribution in [2.45, 2.75) is 12.7 Å². The third-order valence-electron chi connectivity index (χ3n) is 6.32. The molecule has 186 valence electrons. The van der Waals surface area contributed by atoms with E-state index in [0.717, 1.165) is 5.56 Å². The zero-order chi connectivity index (χ0) is 25.1. The summed E-state index contributed by atoms with van der Waals surface area (Å²) in [6.07, 6.45) is -0.439. The molecule has 0 aliphatic carbocycles. The van der Waals surface area contributed by atoms with Crippen molar-refractivity contribution in [2.24, 2.45) is 0 Å². The number of benzene rings is 3. The first-order valence-electron chi connectivity index (χ1n) is 11.5. The summed E-state index contributed by atoms with van der Waals surface area (Å²) < 4.78 is 39.0. The number of fused-ring (bicyclic) bond motifs is 1. The summed E-state index contributed by atoms with van der Waals surface area (Å²) in [5.74, 6) is -1.37. The summed E-state index contributed by atoms with van der Waals surface area (Å²) in [7, 11) is 0. The molecular formula is C26H23ClF2N4O3. The van der Waals surface area contributed by atoms with Gasteiger partial charge in [-0.05, 0) is 58.3 Å². The topological polar surface area (TPSA) is 71.7 Å². The molecule has 7 nitrogen and oxygen atoms in total. The molecule has 2 heterocycles. The second kappa shape index (κ2) is 10.7. The second-order valence-corrected chi connectivity index (χ2v) is 9.05. The Morgan fingerprint density at radius 1 is 0.972 bits per heavy atom. The van der Waals surface area contributed by atoms with Crippen LogP contribution < -0.4 is 0 Å². The molecule has 1 aliphatic heterocycles. The molecule has 0 saturated carbocycles. The Bertz CT molecular complexity index is 1340. The Morgan fingerprint density at radius 2 is 1.67 bits per heavy atom. The van der Waals surface area contributed by atoms with Gasteiger partial charge >= 0.3 is 0 Å². The number of halogens is 3. The van der Waals surface area contributed by atoms with Gasteiger partial charge < -0.3 is 9.64 Å². The molecule has 0 radical (unpaired) electrons. The van der Waals surface area contributed by atoms with Crippen molar-refractivity contribution in [1.82, 2.24) is 20.1 Å². The van der Waals surface area contributed by atoms with Crippen LogP contribution in [0.15, 0.2) is 65.3 Å². The Labute approximate surface area is 211 Å². The normalized spacial score (nSPS) is 15.4. The van der Waals surface area contributed by atoms with Gasteiger partial charge in [0.05, 0.1) is 12.7 Å². The minimum absolute atomic E-state index is 0.0833. The highest BCUT2D eigenvalue weighted by atomic mass is 35.5. The Morgan fingerprint density at radius 3 is 2.39 bits per heavy atom. The maximum Gasteiger partial charge on any atom is 0.254 e.